The maximum Gasteiger partial charge on any atom is 0.161 e. The molecule has 3 N–H and O–H groups in total. The van der Waals surface area contributed by atoms with Crippen molar-refractivity contribution in [3.05, 3.63) is 41.5 Å². The van der Waals surface area contributed by atoms with Gasteiger partial charge in [0.2, 0.25) is 0 Å². The first-order chi connectivity index (χ1) is 10.1. The Bertz CT molecular complexity index is 734. The molecule has 2 aromatic rings. The fourth-order valence-electron chi connectivity index (χ4n) is 2.29. The molecule has 0 aromatic heterocycles. The second-order valence-corrected chi connectivity index (χ2v) is 4.72. The van der Waals surface area contributed by atoms with Crippen LogP contribution < -0.4 is 9.47 Å². The highest BCUT2D eigenvalue weighted by atomic mass is 16.5. The molecule has 0 amide bonds. The largest absolute Gasteiger partial charge is 0.508 e. The lowest BCUT2D eigenvalue weighted by Gasteiger charge is -2.20. The summed E-state index contributed by atoms with van der Waals surface area (Å²) in [5.41, 5.74) is 2.27. The van der Waals surface area contributed by atoms with Crippen LogP contribution in [0.5, 0.6) is 28.7 Å². The van der Waals surface area contributed by atoms with Crippen molar-refractivity contribution in [2.75, 3.05) is 13.7 Å². The van der Waals surface area contributed by atoms with Crippen LogP contribution in [0.25, 0.3) is 11.6 Å². The number of fused-ring (bicyclic) bond motifs is 1. The molecule has 3 rings (SSSR count). The van der Waals surface area contributed by atoms with Crippen LogP contribution in [0.3, 0.4) is 0 Å². The summed E-state index contributed by atoms with van der Waals surface area (Å²) in [5.74, 6) is 0.731. The van der Waals surface area contributed by atoms with Gasteiger partial charge in [-0.15, -0.1) is 0 Å². The van der Waals surface area contributed by atoms with Crippen molar-refractivity contribution in [3.8, 4) is 28.7 Å². The van der Waals surface area contributed by atoms with Crippen LogP contribution in [-0.2, 0) is 0 Å². The normalized spacial score (nSPS) is 13.1. The molecule has 1 aliphatic heterocycles. The zero-order chi connectivity index (χ0) is 15.0. The fourth-order valence-corrected chi connectivity index (χ4v) is 2.29. The Kier molecular flexibility index (Phi) is 3.10. The van der Waals surface area contributed by atoms with Gasteiger partial charge >= 0.3 is 0 Å². The van der Waals surface area contributed by atoms with Gasteiger partial charge in [0, 0.05) is 28.8 Å². The summed E-state index contributed by atoms with van der Waals surface area (Å²) in [6.45, 7) is 0.275. The molecule has 0 radical (unpaired) electrons. The summed E-state index contributed by atoms with van der Waals surface area (Å²) < 4.78 is 10.8. The third-order valence-corrected chi connectivity index (χ3v) is 3.35. The number of rotatable bonds is 2. The smallest absolute Gasteiger partial charge is 0.161 e. The second kappa shape index (κ2) is 4.94. The molecular weight excluding hydrogens is 272 g/mol. The summed E-state index contributed by atoms with van der Waals surface area (Å²) in [7, 11) is 1.49. The Morgan fingerprint density at radius 2 is 1.81 bits per heavy atom. The van der Waals surface area contributed by atoms with Crippen molar-refractivity contribution >= 4 is 11.6 Å². The molecule has 1 heterocycles. The first-order valence-corrected chi connectivity index (χ1v) is 6.35. The van der Waals surface area contributed by atoms with Crippen molar-refractivity contribution in [2.24, 2.45) is 0 Å². The number of methoxy groups -OCH3 is 1. The van der Waals surface area contributed by atoms with Crippen molar-refractivity contribution < 1.29 is 24.8 Å². The fraction of sp³-hybridized carbons (Fsp3) is 0.125. The molecule has 0 unspecified atom stereocenters. The van der Waals surface area contributed by atoms with Crippen LogP contribution in [0.15, 0.2) is 30.3 Å². The molecule has 1 aliphatic rings. The highest BCUT2D eigenvalue weighted by Gasteiger charge is 2.18. The van der Waals surface area contributed by atoms with E-state index in [4.69, 9.17) is 9.47 Å². The molecule has 0 atom stereocenters. The van der Waals surface area contributed by atoms with E-state index in [1.165, 1.54) is 19.2 Å². The highest BCUT2D eigenvalue weighted by Crippen LogP contribution is 2.40. The number of phenolic OH excluding ortho intramolecular Hbond substituents is 3. The van der Waals surface area contributed by atoms with Crippen LogP contribution in [0, 0.1) is 0 Å². The first kappa shape index (κ1) is 13.2. The molecule has 21 heavy (non-hydrogen) atoms. The number of phenols is 3. The van der Waals surface area contributed by atoms with Gasteiger partial charge in [-0.2, -0.15) is 0 Å². The van der Waals surface area contributed by atoms with E-state index >= 15 is 0 Å². The summed E-state index contributed by atoms with van der Waals surface area (Å²) in [5, 5.41) is 28.6. The van der Waals surface area contributed by atoms with Gasteiger partial charge in [-0.3, -0.25) is 0 Å². The van der Waals surface area contributed by atoms with E-state index in [0.717, 1.165) is 11.1 Å². The Hall–Kier alpha value is -2.82. The number of ether oxygens (including phenoxy) is 2. The first-order valence-electron chi connectivity index (χ1n) is 6.35. The lowest BCUT2D eigenvalue weighted by Crippen LogP contribution is -2.07. The number of aromatic hydroxyl groups is 3. The maximum absolute atomic E-state index is 9.68. The minimum Gasteiger partial charge on any atom is -0.508 e. The van der Waals surface area contributed by atoms with E-state index in [1.54, 1.807) is 18.2 Å². The number of hydrogen-bond donors (Lipinski definition) is 3. The van der Waals surface area contributed by atoms with Crippen LogP contribution in [0.4, 0.5) is 0 Å². The van der Waals surface area contributed by atoms with Crippen molar-refractivity contribution in [2.45, 2.75) is 0 Å². The van der Waals surface area contributed by atoms with E-state index < -0.39 is 0 Å². The summed E-state index contributed by atoms with van der Waals surface area (Å²) in [6.07, 6.45) is 1.90. The van der Waals surface area contributed by atoms with Gasteiger partial charge in [-0.25, -0.2) is 0 Å². The maximum atomic E-state index is 9.68. The van der Waals surface area contributed by atoms with Gasteiger partial charge in [-0.1, -0.05) is 0 Å². The summed E-state index contributed by atoms with van der Waals surface area (Å²) in [6, 6.07) is 7.67. The molecule has 0 bridgehead atoms. The molecule has 5 heteroatoms. The van der Waals surface area contributed by atoms with Gasteiger partial charge < -0.3 is 24.8 Å². The van der Waals surface area contributed by atoms with Crippen molar-refractivity contribution in [1.82, 2.24) is 0 Å². The summed E-state index contributed by atoms with van der Waals surface area (Å²) >= 11 is 0. The van der Waals surface area contributed by atoms with Crippen molar-refractivity contribution in [1.29, 1.82) is 0 Å². The lowest BCUT2D eigenvalue weighted by molar-refractivity contribution is 0.359. The molecule has 0 saturated carbocycles. The predicted molar refractivity (Wildman–Crippen MR) is 77.8 cm³/mol. The van der Waals surface area contributed by atoms with E-state index in [0.29, 0.717) is 17.1 Å². The van der Waals surface area contributed by atoms with Gasteiger partial charge in [-0.05, 0) is 24.3 Å². The lowest BCUT2D eigenvalue weighted by atomic mass is 9.99. The zero-order valence-corrected chi connectivity index (χ0v) is 11.3. The average Bonchev–Trinajstić information content (AvgIpc) is 2.49. The average molecular weight is 286 g/mol. The number of benzene rings is 2. The Labute approximate surface area is 121 Å². The molecule has 0 saturated heterocycles. The highest BCUT2D eigenvalue weighted by molar-refractivity contribution is 5.88. The van der Waals surface area contributed by atoms with Crippen molar-refractivity contribution in [3.63, 3.8) is 0 Å². The van der Waals surface area contributed by atoms with Crippen LogP contribution >= 0.6 is 0 Å². The molecule has 108 valence electrons. The standard InChI is InChI=1S/C16H14O5/c1-20-16-7-14(19)13(18)6-12(16)10-4-9-2-3-11(17)5-15(9)21-8-10/h2-7,17-19H,8H2,1H3. The third kappa shape index (κ3) is 2.33. The third-order valence-electron chi connectivity index (χ3n) is 3.35. The van der Waals surface area contributed by atoms with Gasteiger partial charge in [0.15, 0.2) is 11.5 Å². The van der Waals surface area contributed by atoms with Crippen LogP contribution in [0.1, 0.15) is 11.1 Å². The minimum atomic E-state index is -0.238. The van der Waals surface area contributed by atoms with E-state index in [2.05, 4.69) is 0 Å². The van der Waals surface area contributed by atoms with Gasteiger partial charge in [0.25, 0.3) is 0 Å². The number of hydrogen-bond acceptors (Lipinski definition) is 5. The predicted octanol–water partition coefficient (Wildman–Crippen LogP) is 2.75. The minimum absolute atomic E-state index is 0.144. The van der Waals surface area contributed by atoms with Crippen LogP contribution in [0.2, 0.25) is 0 Å². The molecule has 0 fully saturated rings. The van der Waals surface area contributed by atoms with Gasteiger partial charge in [0.1, 0.15) is 23.9 Å². The molecule has 2 aromatic carbocycles. The molecule has 5 nitrogen and oxygen atoms in total. The van der Waals surface area contributed by atoms with Gasteiger partial charge in [0.05, 0.1) is 7.11 Å². The Morgan fingerprint density at radius 3 is 2.57 bits per heavy atom. The van der Waals surface area contributed by atoms with E-state index in [-0.39, 0.29) is 23.9 Å². The quantitative estimate of drug-likeness (QED) is 0.740. The topological polar surface area (TPSA) is 79.2 Å². The zero-order valence-electron chi connectivity index (χ0n) is 11.3. The molecular formula is C16H14O5. The Morgan fingerprint density at radius 1 is 1.05 bits per heavy atom. The van der Waals surface area contributed by atoms with E-state index in [9.17, 15) is 15.3 Å². The SMILES string of the molecule is COc1cc(O)c(O)cc1C1=Cc2ccc(O)cc2OC1. The summed E-state index contributed by atoms with van der Waals surface area (Å²) in [4.78, 5) is 0. The molecule has 0 spiro atoms. The second-order valence-electron chi connectivity index (χ2n) is 4.72. The Balaban J connectivity index is 2.09. The van der Waals surface area contributed by atoms with E-state index in [1.807, 2.05) is 6.08 Å². The monoisotopic (exact) mass is 286 g/mol. The van der Waals surface area contributed by atoms with Crippen LogP contribution in [-0.4, -0.2) is 29.0 Å². The molecule has 0 aliphatic carbocycles.